The van der Waals surface area contributed by atoms with E-state index >= 15 is 0 Å². The van der Waals surface area contributed by atoms with E-state index in [2.05, 4.69) is 0 Å². The molecule has 0 bridgehead atoms. The number of para-hydroxylation sites is 2. The van der Waals surface area contributed by atoms with Crippen molar-refractivity contribution in [3.8, 4) is 0 Å². The molecule has 120 valence electrons. The van der Waals surface area contributed by atoms with Gasteiger partial charge in [-0.05, 0) is 24.6 Å². The maximum Gasteiger partial charge on any atom is 0.256 e. The van der Waals surface area contributed by atoms with Crippen LogP contribution >= 0.6 is 23.2 Å². The second-order valence-corrected chi connectivity index (χ2v) is 6.40. The molecule has 1 heterocycles. The van der Waals surface area contributed by atoms with Crippen molar-refractivity contribution in [2.24, 2.45) is 0 Å². The molecule has 2 amide bonds. The minimum atomic E-state index is -0.253. The first-order valence-electron chi connectivity index (χ1n) is 7.36. The maximum absolute atomic E-state index is 12.8. The molecule has 6 heteroatoms. The van der Waals surface area contributed by atoms with Gasteiger partial charge in [-0.1, -0.05) is 18.2 Å². The van der Waals surface area contributed by atoms with Crippen LogP contribution in [-0.4, -0.2) is 30.1 Å². The van der Waals surface area contributed by atoms with Gasteiger partial charge in [0.2, 0.25) is 5.91 Å². The third kappa shape index (κ3) is 2.77. The minimum absolute atomic E-state index is 0.136. The largest absolute Gasteiger partial charge is 0.310 e. The quantitative estimate of drug-likeness (QED) is 0.766. The van der Waals surface area contributed by atoms with E-state index in [0.29, 0.717) is 29.1 Å². The fourth-order valence-corrected chi connectivity index (χ4v) is 3.30. The fourth-order valence-electron chi connectivity index (χ4n) is 2.91. The van der Waals surface area contributed by atoms with Crippen molar-refractivity contribution in [3.63, 3.8) is 0 Å². The number of carbonyl (C=O) groups excluding carboxylic acids is 2. The van der Waals surface area contributed by atoms with Crippen molar-refractivity contribution in [2.45, 2.75) is 18.2 Å². The van der Waals surface area contributed by atoms with Crippen LogP contribution in [0.15, 0.2) is 47.7 Å². The summed E-state index contributed by atoms with van der Waals surface area (Å²) in [5, 5.41) is -0.253. The molecular formula is C17H16Cl2N2O2. The Morgan fingerprint density at radius 2 is 2.00 bits per heavy atom. The van der Waals surface area contributed by atoms with E-state index in [0.717, 1.165) is 0 Å². The Morgan fingerprint density at radius 3 is 2.70 bits per heavy atom. The van der Waals surface area contributed by atoms with Crippen LogP contribution in [0.1, 0.15) is 12.8 Å². The van der Waals surface area contributed by atoms with Gasteiger partial charge in [-0.2, -0.15) is 0 Å². The molecule has 0 spiro atoms. The van der Waals surface area contributed by atoms with E-state index < -0.39 is 0 Å². The maximum atomic E-state index is 12.8. The van der Waals surface area contributed by atoms with Crippen molar-refractivity contribution in [3.05, 3.63) is 47.7 Å². The van der Waals surface area contributed by atoms with Gasteiger partial charge in [-0.15, -0.1) is 23.2 Å². The number of benzene rings is 1. The SMILES string of the molecule is CN1C(=O)C2=C(C=CC(Cl)C2)N(C(=O)CCCl)c2ccccc21. The number of likely N-dealkylation sites (N-methyl/N-ethyl adjacent to an activating group) is 1. The highest BCUT2D eigenvalue weighted by Gasteiger charge is 2.34. The summed E-state index contributed by atoms with van der Waals surface area (Å²) in [4.78, 5) is 28.7. The van der Waals surface area contributed by atoms with E-state index in [9.17, 15) is 9.59 Å². The molecule has 0 saturated heterocycles. The van der Waals surface area contributed by atoms with Gasteiger partial charge in [0, 0.05) is 24.9 Å². The Balaban J connectivity index is 2.22. The Bertz CT molecular complexity index is 727. The van der Waals surface area contributed by atoms with Crippen LogP contribution in [0.4, 0.5) is 11.4 Å². The summed E-state index contributed by atoms with van der Waals surface area (Å²) < 4.78 is 0. The summed E-state index contributed by atoms with van der Waals surface area (Å²) >= 11 is 11.9. The Morgan fingerprint density at radius 1 is 1.30 bits per heavy atom. The molecule has 1 aliphatic carbocycles. The smallest absolute Gasteiger partial charge is 0.256 e. The number of hydrogen-bond donors (Lipinski definition) is 0. The lowest BCUT2D eigenvalue weighted by atomic mass is 10.00. The predicted octanol–water partition coefficient (Wildman–Crippen LogP) is 3.45. The molecule has 0 radical (unpaired) electrons. The molecular weight excluding hydrogens is 335 g/mol. The number of hydrogen-bond acceptors (Lipinski definition) is 2. The van der Waals surface area contributed by atoms with Crippen molar-refractivity contribution in [1.82, 2.24) is 0 Å². The number of anilines is 2. The zero-order valence-electron chi connectivity index (χ0n) is 12.6. The number of rotatable bonds is 2. The summed E-state index contributed by atoms with van der Waals surface area (Å²) in [6, 6.07) is 7.36. The molecule has 1 aliphatic heterocycles. The summed E-state index contributed by atoms with van der Waals surface area (Å²) in [6.07, 6.45) is 4.16. The Kier molecular flexibility index (Phi) is 4.46. The average Bonchev–Trinajstić information content (AvgIpc) is 2.63. The Labute approximate surface area is 145 Å². The van der Waals surface area contributed by atoms with Crippen molar-refractivity contribution < 1.29 is 9.59 Å². The molecule has 1 aromatic rings. The normalized spacial score (nSPS) is 20.3. The zero-order valence-corrected chi connectivity index (χ0v) is 14.1. The van der Waals surface area contributed by atoms with E-state index in [-0.39, 0.29) is 29.5 Å². The van der Waals surface area contributed by atoms with Crippen molar-refractivity contribution >= 4 is 46.4 Å². The van der Waals surface area contributed by atoms with Crippen LogP contribution in [0.5, 0.6) is 0 Å². The lowest BCUT2D eigenvalue weighted by Crippen LogP contribution is -2.32. The van der Waals surface area contributed by atoms with Gasteiger partial charge in [-0.25, -0.2) is 0 Å². The van der Waals surface area contributed by atoms with Gasteiger partial charge in [0.25, 0.3) is 5.91 Å². The number of amides is 2. The summed E-state index contributed by atoms with van der Waals surface area (Å²) in [5.41, 5.74) is 2.52. The number of halogens is 2. The summed E-state index contributed by atoms with van der Waals surface area (Å²) in [6.45, 7) is 0. The number of carbonyl (C=O) groups is 2. The highest BCUT2D eigenvalue weighted by molar-refractivity contribution is 6.23. The van der Waals surface area contributed by atoms with Gasteiger partial charge in [0.05, 0.1) is 22.4 Å². The van der Waals surface area contributed by atoms with Crippen LogP contribution in [0.2, 0.25) is 0 Å². The topological polar surface area (TPSA) is 40.6 Å². The van der Waals surface area contributed by atoms with Crippen LogP contribution in [0.3, 0.4) is 0 Å². The minimum Gasteiger partial charge on any atom is -0.310 e. The van der Waals surface area contributed by atoms with Gasteiger partial charge in [-0.3, -0.25) is 14.5 Å². The van der Waals surface area contributed by atoms with E-state index in [1.54, 1.807) is 22.9 Å². The van der Waals surface area contributed by atoms with Crippen LogP contribution < -0.4 is 9.80 Å². The van der Waals surface area contributed by atoms with Gasteiger partial charge in [0.15, 0.2) is 0 Å². The zero-order chi connectivity index (χ0) is 16.6. The molecule has 0 aromatic heterocycles. The monoisotopic (exact) mass is 350 g/mol. The third-order valence-electron chi connectivity index (χ3n) is 4.02. The van der Waals surface area contributed by atoms with Crippen molar-refractivity contribution in [2.75, 3.05) is 22.7 Å². The van der Waals surface area contributed by atoms with E-state index in [1.165, 1.54) is 0 Å². The fraction of sp³-hybridized carbons (Fsp3) is 0.294. The lowest BCUT2D eigenvalue weighted by molar-refractivity contribution is -0.117. The summed E-state index contributed by atoms with van der Waals surface area (Å²) in [7, 11) is 1.71. The number of nitrogens with zero attached hydrogens (tertiary/aromatic N) is 2. The second kappa shape index (κ2) is 6.38. The van der Waals surface area contributed by atoms with E-state index in [4.69, 9.17) is 23.2 Å². The van der Waals surface area contributed by atoms with Crippen LogP contribution in [0.25, 0.3) is 0 Å². The molecule has 0 N–H and O–H groups in total. The number of fused-ring (bicyclic) bond motifs is 1. The standard InChI is InChI=1S/C17H16Cl2N2O2/c1-20-14-4-2-3-5-15(14)21(16(22)8-9-18)13-7-6-11(19)10-12(13)17(20)23/h2-7,11H,8-10H2,1H3. The first kappa shape index (κ1) is 16.1. The second-order valence-electron chi connectivity index (χ2n) is 5.46. The predicted molar refractivity (Wildman–Crippen MR) is 93.1 cm³/mol. The molecule has 1 aromatic carbocycles. The molecule has 2 aliphatic rings. The molecule has 3 rings (SSSR count). The number of allylic oxidation sites excluding steroid dienone is 2. The third-order valence-corrected chi connectivity index (χ3v) is 4.51. The first-order valence-corrected chi connectivity index (χ1v) is 8.33. The Hall–Kier alpha value is -1.78. The average molecular weight is 351 g/mol. The summed E-state index contributed by atoms with van der Waals surface area (Å²) in [5.74, 6) is -0.0458. The van der Waals surface area contributed by atoms with Gasteiger partial charge < -0.3 is 4.90 Å². The van der Waals surface area contributed by atoms with Crippen LogP contribution in [-0.2, 0) is 9.59 Å². The highest BCUT2D eigenvalue weighted by Crippen LogP contribution is 2.39. The molecule has 23 heavy (non-hydrogen) atoms. The molecule has 1 unspecified atom stereocenters. The number of alkyl halides is 2. The molecule has 0 fully saturated rings. The highest BCUT2D eigenvalue weighted by atomic mass is 35.5. The molecule has 4 nitrogen and oxygen atoms in total. The van der Waals surface area contributed by atoms with E-state index in [1.807, 2.05) is 30.3 Å². The molecule has 1 atom stereocenters. The first-order chi connectivity index (χ1) is 11.0. The molecule has 0 saturated carbocycles. The van der Waals surface area contributed by atoms with Crippen LogP contribution in [0, 0.1) is 0 Å². The van der Waals surface area contributed by atoms with Crippen molar-refractivity contribution in [1.29, 1.82) is 0 Å². The lowest BCUT2D eigenvalue weighted by Gasteiger charge is -2.27. The van der Waals surface area contributed by atoms with Gasteiger partial charge in [0.1, 0.15) is 0 Å². The van der Waals surface area contributed by atoms with Gasteiger partial charge >= 0.3 is 0 Å².